The molecule has 1 saturated carbocycles. The Bertz CT molecular complexity index is 940. The molecule has 0 unspecified atom stereocenters. The third-order valence-electron chi connectivity index (χ3n) is 3.85. The maximum absolute atomic E-state index is 12.5. The first-order valence-electron chi connectivity index (χ1n) is 7.69. The second kappa shape index (κ2) is 5.61. The summed E-state index contributed by atoms with van der Waals surface area (Å²) in [5.74, 6) is 0.602. The number of nitrogens with one attached hydrogen (secondary N) is 1. The molecule has 1 aliphatic carbocycles. The number of anilines is 1. The summed E-state index contributed by atoms with van der Waals surface area (Å²) < 4.78 is 44.1. The largest absolute Gasteiger partial charge is 0.440 e. The van der Waals surface area contributed by atoms with Crippen LogP contribution in [-0.2, 0) is 17.5 Å². The molecule has 130 valence electrons. The van der Waals surface area contributed by atoms with Crippen molar-refractivity contribution in [3.63, 3.8) is 0 Å². The standard InChI is InChI=1S/C16H13F3N4O2/c17-16(18,19)13-5-6-23(22-13)8-14(24)20-10-3-4-12-11(7-10)21-15(25-12)9-1-2-9/h3-7,9H,1-2,8H2,(H,20,24). The Morgan fingerprint density at radius 2 is 2.12 bits per heavy atom. The highest BCUT2D eigenvalue weighted by molar-refractivity contribution is 5.92. The molecule has 0 bridgehead atoms. The molecule has 6 nitrogen and oxygen atoms in total. The summed E-state index contributed by atoms with van der Waals surface area (Å²) in [4.78, 5) is 16.4. The third-order valence-corrected chi connectivity index (χ3v) is 3.85. The number of rotatable bonds is 4. The lowest BCUT2D eigenvalue weighted by Crippen LogP contribution is -2.19. The van der Waals surface area contributed by atoms with Crippen LogP contribution in [0, 0.1) is 0 Å². The van der Waals surface area contributed by atoms with Gasteiger partial charge in [-0.1, -0.05) is 0 Å². The van der Waals surface area contributed by atoms with Gasteiger partial charge in [0.25, 0.3) is 0 Å². The number of halogens is 3. The van der Waals surface area contributed by atoms with E-state index in [9.17, 15) is 18.0 Å². The van der Waals surface area contributed by atoms with Crippen molar-refractivity contribution in [2.75, 3.05) is 5.32 Å². The van der Waals surface area contributed by atoms with Gasteiger partial charge in [0.2, 0.25) is 5.91 Å². The average molecular weight is 350 g/mol. The predicted molar refractivity (Wildman–Crippen MR) is 81.8 cm³/mol. The number of benzene rings is 1. The van der Waals surface area contributed by atoms with E-state index < -0.39 is 17.8 Å². The van der Waals surface area contributed by atoms with Crippen molar-refractivity contribution in [3.8, 4) is 0 Å². The molecular formula is C16H13F3N4O2. The summed E-state index contributed by atoms with van der Waals surface area (Å²) in [6.45, 7) is -0.319. The van der Waals surface area contributed by atoms with E-state index in [1.807, 2.05) is 0 Å². The maximum atomic E-state index is 12.5. The van der Waals surface area contributed by atoms with Gasteiger partial charge in [-0.3, -0.25) is 9.48 Å². The Morgan fingerprint density at radius 3 is 2.80 bits per heavy atom. The van der Waals surface area contributed by atoms with E-state index in [4.69, 9.17) is 4.42 Å². The Morgan fingerprint density at radius 1 is 1.32 bits per heavy atom. The lowest BCUT2D eigenvalue weighted by atomic mass is 10.3. The maximum Gasteiger partial charge on any atom is 0.435 e. The first-order valence-corrected chi connectivity index (χ1v) is 7.69. The molecule has 4 rings (SSSR count). The summed E-state index contributed by atoms with van der Waals surface area (Å²) in [6, 6.07) is 5.87. The van der Waals surface area contributed by atoms with Crippen LogP contribution in [0.25, 0.3) is 11.1 Å². The molecule has 0 atom stereocenters. The first kappa shape index (κ1) is 15.7. The molecular weight excluding hydrogens is 337 g/mol. The fraction of sp³-hybridized carbons (Fsp3) is 0.312. The smallest absolute Gasteiger partial charge is 0.435 e. The minimum absolute atomic E-state index is 0.319. The molecule has 0 radical (unpaired) electrons. The highest BCUT2D eigenvalue weighted by atomic mass is 19.4. The number of nitrogens with zero attached hydrogens (tertiary/aromatic N) is 3. The van der Waals surface area contributed by atoms with Crippen molar-refractivity contribution in [1.29, 1.82) is 0 Å². The SMILES string of the molecule is O=C(Cn1ccc(C(F)(F)F)n1)Nc1ccc2oc(C3CC3)nc2c1. The van der Waals surface area contributed by atoms with Gasteiger partial charge in [-0.05, 0) is 37.1 Å². The Balaban J connectivity index is 1.45. The van der Waals surface area contributed by atoms with E-state index >= 15 is 0 Å². The zero-order valence-electron chi connectivity index (χ0n) is 12.9. The van der Waals surface area contributed by atoms with Crippen LogP contribution in [-0.4, -0.2) is 20.7 Å². The molecule has 9 heteroatoms. The van der Waals surface area contributed by atoms with Gasteiger partial charge in [-0.15, -0.1) is 0 Å². The molecule has 1 amide bonds. The van der Waals surface area contributed by atoms with Crippen molar-refractivity contribution in [2.24, 2.45) is 0 Å². The van der Waals surface area contributed by atoms with Crippen molar-refractivity contribution in [1.82, 2.24) is 14.8 Å². The Labute approximate surface area is 139 Å². The molecule has 25 heavy (non-hydrogen) atoms. The predicted octanol–water partition coefficient (Wildman–Crippen LogP) is 3.56. The van der Waals surface area contributed by atoms with Crippen LogP contribution in [0.5, 0.6) is 0 Å². The topological polar surface area (TPSA) is 73.0 Å². The first-order chi connectivity index (χ1) is 11.9. The number of fused-ring (bicyclic) bond motifs is 1. The highest BCUT2D eigenvalue weighted by Gasteiger charge is 2.33. The van der Waals surface area contributed by atoms with Gasteiger partial charge in [0.05, 0.1) is 0 Å². The molecule has 2 heterocycles. The third kappa shape index (κ3) is 3.35. The summed E-state index contributed by atoms with van der Waals surface area (Å²) >= 11 is 0. The quantitative estimate of drug-likeness (QED) is 0.781. The van der Waals surface area contributed by atoms with Gasteiger partial charge in [-0.2, -0.15) is 18.3 Å². The summed E-state index contributed by atoms with van der Waals surface area (Å²) in [6.07, 6.45) is -1.27. The zero-order chi connectivity index (χ0) is 17.6. The average Bonchev–Trinajstić information content (AvgIpc) is 3.12. The van der Waals surface area contributed by atoms with Gasteiger partial charge in [0.15, 0.2) is 17.2 Å². The second-order valence-corrected chi connectivity index (χ2v) is 5.95. The van der Waals surface area contributed by atoms with Crippen LogP contribution in [0.15, 0.2) is 34.9 Å². The zero-order valence-corrected chi connectivity index (χ0v) is 12.9. The van der Waals surface area contributed by atoms with E-state index in [-0.39, 0.29) is 6.54 Å². The molecule has 1 aliphatic rings. The summed E-state index contributed by atoms with van der Waals surface area (Å²) in [5, 5.41) is 5.97. The number of alkyl halides is 3. The monoisotopic (exact) mass is 350 g/mol. The fourth-order valence-electron chi connectivity index (χ4n) is 2.48. The number of hydrogen-bond acceptors (Lipinski definition) is 4. The van der Waals surface area contributed by atoms with Gasteiger partial charge < -0.3 is 9.73 Å². The number of amides is 1. The highest BCUT2D eigenvalue weighted by Crippen LogP contribution is 2.40. The van der Waals surface area contributed by atoms with Crippen LogP contribution in [0.3, 0.4) is 0 Å². The van der Waals surface area contributed by atoms with E-state index in [0.717, 1.165) is 29.8 Å². The van der Waals surface area contributed by atoms with Crippen LogP contribution in [0.2, 0.25) is 0 Å². The second-order valence-electron chi connectivity index (χ2n) is 5.95. The minimum Gasteiger partial charge on any atom is -0.440 e. The van der Waals surface area contributed by atoms with Crippen LogP contribution in [0.4, 0.5) is 18.9 Å². The lowest BCUT2D eigenvalue weighted by molar-refractivity contribution is -0.141. The van der Waals surface area contributed by atoms with Gasteiger partial charge in [0.1, 0.15) is 12.1 Å². The summed E-state index contributed by atoms with van der Waals surface area (Å²) in [5.41, 5.74) is 0.744. The van der Waals surface area contributed by atoms with Crippen molar-refractivity contribution in [3.05, 3.63) is 42.0 Å². The number of hydrogen-bond donors (Lipinski definition) is 1. The van der Waals surface area contributed by atoms with Gasteiger partial charge in [-0.25, -0.2) is 4.98 Å². The molecule has 1 aromatic carbocycles. The van der Waals surface area contributed by atoms with Crippen LogP contribution >= 0.6 is 0 Å². The van der Waals surface area contributed by atoms with Crippen molar-refractivity contribution >= 4 is 22.7 Å². The van der Waals surface area contributed by atoms with Crippen molar-refractivity contribution < 1.29 is 22.4 Å². The molecule has 0 aliphatic heterocycles. The van der Waals surface area contributed by atoms with Gasteiger partial charge >= 0.3 is 6.18 Å². The Kier molecular flexibility index (Phi) is 3.52. The Hall–Kier alpha value is -2.84. The lowest BCUT2D eigenvalue weighted by Gasteiger charge is -2.05. The molecule has 1 fully saturated rings. The van der Waals surface area contributed by atoms with E-state index in [2.05, 4.69) is 15.4 Å². The summed E-state index contributed by atoms with van der Waals surface area (Å²) in [7, 11) is 0. The van der Waals surface area contributed by atoms with Crippen LogP contribution in [0.1, 0.15) is 30.3 Å². The normalized spacial score (nSPS) is 14.8. The molecule has 3 aromatic rings. The molecule has 2 aromatic heterocycles. The molecule has 1 N–H and O–H groups in total. The number of aromatic nitrogens is 3. The van der Waals surface area contributed by atoms with E-state index in [1.54, 1.807) is 18.2 Å². The van der Waals surface area contributed by atoms with Crippen molar-refractivity contribution in [2.45, 2.75) is 31.5 Å². The number of carbonyl (C=O) groups is 1. The molecule has 0 spiro atoms. The minimum atomic E-state index is -4.53. The fourth-order valence-corrected chi connectivity index (χ4v) is 2.48. The number of carbonyl (C=O) groups excluding carboxylic acids is 1. The van der Waals surface area contributed by atoms with Gasteiger partial charge in [0, 0.05) is 17.8 Å². The van der Waals surface area contributed by atoms with E-state index in [0.29, 0.717) is 28.6 Å². The van der Waals surface area contributed by atoms with E-state index in [1.165, 1.54) is 0 Å². The molecule has 0 saturated heterocycles. The van der Waals surface area contributed by atoms with Crippen LogP contribution < -0.4 is 5.32 Å². The number of oxazole rings is 1.